The van der Waals surface area contributed by atoms with Crippen LogP contribution in [0.4, 0.5) is 0 Å². The number of carbonyl (C=O) groups excluding carboxylic acids is 2. The van der Waals surface area contributed by atoms with Gasteiger partial charge in [-0.2, -0.15) is 0 Å². The molecule has 0 saturated heterocycles. The maximum absolute atomic E-state index is 12.4. The number of nitrogens with one attached hydrogen (secondary N) is 1. The van der Waals surface area contributed by atoms with Crippen molar-refractivity contribution in [2.45, 2.75) is 328 Å². The van der Waals surface area contributed by atoms with Crippen LogP contribution in [0.5, 0.6) is 0 Å². The molecule has 0 fully saturated rings. The molecule has 0 heterocycles. The van der Waals surface area contributed by atoms with Gasteiger partial charge in [-0.3, -0.25) is 9.59 Å². The minimum atomic E-state index is -0.848. The zero-order valence-corrected chi connectivity index (χ0v) is 43.7. The Kier molecular flexibility index (Phi) is 53.5. The van der Waals surface area contributed by atoms with Crippen LogP contribution in [0.2, 0.25) is 0 Å². The van der Waals surface area contributed by atoms with Crippen LogP contribution in [-0.4, -0.2) is 47.4 Å². The lowest BCUT2D eigenvalue weighted by atomic mass is 10.0. The molecule has 0 rings (SSSR count). The standard InChI is InChI=1S/C59H113NO5/c1-3-5-7-9-11-13-15-17-28-31-35-39-43-47-51-57(62)56(55-61)60-58(63)52-48-44-40-36-32-29-25-23-21-19-18-20-22-24-26-30-34-38-42-46-50-54-65-59(64)53-49-45-41-37-33-27-16-14-12-10-8-6-4-2/h19,21,47,51,56-57,61-62H,3-18,20,22-46,48-50,52-55H2,1-2H3,(H,60,63)/b21-19-,51-47+. The number of aliphatic hydroxyl groups is 2. The fourth-order valence-corrected chi connectivity index (χ4v) is 8.98. The van der Waals surface area contributed by atoms with E-state index in [1.165, 1.54) is 244 Å². The fourth-order valence-electron chi connectivity index (χ4n) is 8.98. The van der Waals surface area contributed by atoms with E-state index in [0.29, 0.717) is 19.4 Å². The predicted octanol–water partition coefficient (Wildman–Crippen LogP) is 17.9. The highest BCUT2D eigenvalue weighted by molar-refractivity contribution is 5.76. The van der Waals surface area contributed by atoms with Crippen LogP contribution in [-0.2, 0) is 14.3 Å². The van der Waals surface area contributed by atoms with E-state index in [-0.39, 0.29) is 18.5 Å². The number of ether oxygens (including phenoxy) is 1. The molecule has 0 aliphatic rings. The molecule has 0 aliphatic carbocycles. The van der Waals surface area contributed by atoms with Gasteiger partial charge in [0.2, 0.25) is 5.91 Å². The van der Waals surface area contributed by atoms with Crippen molar-refractivity contribution < 1.29 is 24.5 Å². The monoisotopic (exact) mass is 916 g/mol. The highest BCUT2D eigenvalue weighted by Crippen LogP contribution is 2.17. The highest BCUT2D eigenvalue weighted by Gasteiger charge is 2.18. The van der Waals surface area contributed by atoms with Gasteiger partial charge < -0.3 is 20.3 Å². The molecule has 65 heavy (non-hydrogen) atoms. The van der Waals surface area contributed by atoms with Crippen LogP contribution in [0.25, 0.3) is 0 Å². The molecule has 384 valence electrons. The van der Waals surface area contributed by atoms with Gasteiger partial charge in [0.15, 0.2) is 0 Å². The average molecular weight is 917 g/mol. The third-order valence-corrected chi connectivity index (χ3v) is 13.5. The molecule has 1 amide bonds. The Labute approximate surface area is 405 Å². The van der Waals surface area contributed by atoms with Crippen molar-refractivity contribution in [1.82, 2.24) is 5.32 Å². The van der Waals surface area contributed by atoms with Crippen LogP contribution in [0.3, 0.4) is 0 Å². The van der Waals surface area contributed by atoms with Gasteiger partial charge in [0.25, 0.3) is 0 Å². The topological polar surface area (TPSA) is 95.9 Å². The minimum Gasteiger partial charge on any atom is -0.466 e. The Morgan fingerprint density at radius 2 is 0.723 bits per heavy atom. The van der Waals surface area contributed by atoms with Gasteiger partial charge >= 0.3 is 5.97 Å². The summed E-state index contributed by atoms with van der Waals surface area (Å²) in [5, 5.41) is 23.1. The number of carbonyl (C=O) groups is 2. The number of allylic oxidation sites excluding steroid dienone is 3. The summed E-state index contributed by atoms with van der Waals surface area (Å²) < 4.78 is 5.47. The van der Waals surface area contributed by atoms with E-state index in [9.17, 15) is 19.8 Å². The molecular weight excluding hydrogens is 803 g/mol. The van der Waals surface area contributed by atoms with Gasteiger partial charge in [-0.1, -0.05) is 269 Å². The number of hydrogen-bond donors (Lipinski definition) is 3. The third-order valence-electron chi connectivity index (χ3n) is 13.5. The molecule has 0 aliphatic heterocycles. The van der Waals surface area contributed by atoms with Gasteiger partial charge in [0.1, 0.15) is 0 Å². The van der Waals surface area contributed by atoms with Crippen LogP contribution in [0, 0.1) is 0 Å². The van der Waals surface area contributed by atoms with Crippen molar-refractivity contribution in [3.8, 4) is 0 Å². The molecule has 0 aromatic carbocycles. The summed E-state index contributed by atoms with van der Waals surface area (Å²) in [6.07, 6.45) is 66.3. The van der Waals surface area contributed by atoms with Gasteiger partial charge in [0, 0.05) is 12.8 Å². The average Bonchev–Trinajstić information content (AvgIpc) is 3.31. The lowest BCUT2D eigenvalue weighted by Crippen LogP contribution is -2.45. The maximum Gasteiger partial charge on any atom is 0.305 e. The summed E-state index contributed by atoms with van der Waals surface area (Å²) in [4.78, 5) is 24.5. The Hall–Kier alpha value is -1.66. The van der Waals surface area contributed by atoms with Crippen molar-refractivity contribution in [2.75, 3.05) is 13.2 Å². The first-order valence-electron chi connectivity index (χ1n) is 29.1. The zero-order chi connectivity index (χ0) is 47.2. The number of unbranched alkanes of at least 4 members (excludes halogenated alkanes) is 41. The molecule has 0 radical (unpaired) electrons. The zero-order valence-electron chi connectivity index (χ0n) is 43.7. The largest absolute Gasteiger partial charge is 0.466 e. The van der Waals surface area contributed by atoms with Crippen molar-refractivity contribution in [1.29, 1.82) is 0 Å². The first-order valence-corrected chi connectivity index (χ1v) is 29.1. The molecule has 6 nitrogen and oxygen atoms in total. The van der Waals surface area contributed by atoms with Crippen molar-refractivity contribution in [2.24, 2.45) is 0 Å². The summed E-state index contributed by atoms with van der Waals surface area (Å²) in [7, 11) is 0. The van der Waals surface area contributed by atoms with Crippen molar-refractivity contribution >= 4 is 11.9 Å². The fraction of sp³-hybridized carbons (Fsp3) is 0.898. The number of rotatable bonds is 54. The van der Waals surface area contributed by atoms with Crippen LogP contribution in [0.15, 0.2) is 24.3 Å². The first-order chi connectivity index (χ1) is 32.0. The SMILES string of the molecule is CCCCCCCCCCCCCC/C=C/C(O)C(CO)NC(=O)CCCCCCCCC/C=C\CCCCCCCCCCCCOC(=O)CCCCCCCCCCCCCCC. The van der Waals surface area contributed by atoms with Crippen LogP contribution >= 0.6 is 0 Å². The van der Waals surface area contributed by atoms with E-state index in [1.807, 2.05) is 6.08 Å². The van der Waals surface area contributed by atoms with Crippen LogP contribution < -0.4 is 5.32 Å². The first kappa shape index (κ1) is 63.3. The molecule has 6 heteroatoms. The van der Waals surface area contributed by atoms with E-state index in [2.05, 4.69) is 31.3 Å². The molecule has 0 bridgehead atoms. The summed E-state index contributed by atoms with van der Waals surface area (Å²) in [6.45, 7) is 4.90. The number of amides is 1. The Bertz CT molecular complexity index is 1010. The molecule has 0 aromatic heterocycles. The van der Waals surface area contributed by atoms with E-state index in [1.54, 1.807) is 6.08 Å². The molecule has 0 aromatic rings. The normalized spacial score (nSPS) is 12.7. The smallest absolute Gasteiger partial charge is 0.305 e. The number of esters is 1. The lowest BCUT2D eigenvalue weighted by Gasteiger charge is -2.20. The number of hydrogen-bond acceptors (Lipinski definition) is 5. The summed E-state index contributed by atoms with van der Waals surface area (Å²) in [6, 6.07) is -0.632. The van der Waals surface area contributed by atoms with Crippen molar-refractivity contribution in [3.63, 3.8) is 0 Å². The summed E-state index contributed by atoms with van der Waals surface area (Å²) >= 11 is 0. The molecule has 2 atom stereocenters. The second-order valence-corrected chi connectivity index (χ2v) is 20.0. The molecule has 0 saturated carbocycles. The summed E-state index contributed by atoms with van der Waals surface area (Å²) in [5.74, 6) is -0.0658. The molecule has 2 unspecified atom stereocenters. The maximum atomic E-state index is 12.4. The van der Waals surface area contributed by atoms with Gasteiger partial charge in [-0.05, 0) is 57.8 Å². The second kappa shape index (κ2) is 54.9. The van der Waals surface area contributed by atoms with Crippen LogP contribution in [0.1, 0.15) is 316 Å². The second-order valence-electron chi connectivity index (χ2n) is 20.0. The minimum absolute atomic E-state index is 0.00914. The Morgan fingerprint density at radius 3 is 1.09 bits per heavy atom. The van der Waals surface area contributed by atoms with E-state index in [4.69, 9.17) is 4.74 Å². The lowest BCUT2D eigenvalue weighted by molar-refractivity contribution is -0.143. The van der Waals surface area contributed by atoms with Crippen molar-refractivity contribution in [3.05, 3.63) is 24.3 Å². The van der Waals surface area contributed by atoms with E-state index < -0.39 is 12.1 Å². The van der Waals surface area contributed by atoms with Gasteiger partial charge in [-0.15, -0.1) is 0 Å². The number of aliphatic hydroxyl groups excluding tert-OH is 2. The quantitative estimate of drug-likeness (QED) is 0.0321. The summed E-state index contributed by atoms with van der Waals surface area (Å²) in [5.41, 5.74) is 0. The molecule has 3 N–H and O–H groups in total. The predicted molar refractivity (Wildman–Crippen MR) is 283 cm³/mol. The van der Waals surface area contributed by atoms with E-state index in [0.717, 1.165) is 44.9 Å². The highest BCUT2D eigenvalue weighted by atomic mass is 16.5. The third kappa shape index (κ3) is 51.6. The van der Waals surface area contributed by atoms with Gasteiger partial charge in [-0.25, -0.2) is 0 Å². The molecular formula is C59H113NO5. The Balaban J connectivity index is 3.44. The van der Waals surface area contributed by atoms with E-state index >= 15 is 0 Å². The Morgan fingerprint density at radius 1 is 0.415 bits per heavy atom. The molecule has 0 spiro atoms. The van der Waals surface area contributed by atoms with Gasteiger partial charge in [0.05, 0.1) is 25.4 Å².